The molecule has 1 atom stereocenters. The van der Waals surface area contributed by atoms with E-state index >= 15 is 0 Å². The second-order valence-electron chi connectivity index (χ2n) is 6.53. The number of carbonyl (C=O) groups excluding carboxylic acids is 1. The van der Waals surface area contributed by atoms with Crippen LogP contribution in [0.25, 0.3) is 0 Å². The van der Waals surface area contributed by atoms with E-state index in [0.29, 0.717) is 12.6 Å². The van der Waals surface area contributed by atoms with Gasteiger partial charge in [0.1, 0.15) is 0 Å². The largest absolute Gasteiger partial charge is 0.390 e. The molecule has 1 saturated heterocycles. The highest BCUT2D eigenvalue weighted by molar-refractivity contribution is 5.78. The van der Waals surface area contributed by atoms with E-state index < -0.39 is 5.60 Å². The van der Waals surface area contributed by atoms with Crippen LogP contribution in [-0.2, 0) is 4.79 Å². The molecule has 1 aliphatic carbocycles. The van der Waals surface area contributed by atoms with Gasteiger partial charge in [-0.15, -0.1) is 0 Å². The average Bonchev–Trinajstić information content (AvgIpc) is 2.52. The van der Waals surface area contributed by atoms with E-state index in [0.717, 1.165) is 45.2 Å². The maximum atomic E-state index is 12.0. The molecule has 1 saturated carbocycles. The van der Waals surface area contributed by atoms with E-state index in [1.807, 2.05) is 6.92 Å². The summed E-state index contributed by atoms with van der Waals surface area (Å²) in [6, 6.07) is 0.399. The minimum atomic E-state index is -0.547. The van der Waals surface area contributed by atoms with Gasteiger partial charge in [-0.05, 0) is 45.6 Å². The number of hydrogen-bond acceptors (Lipinski definition) is 3. The Morgan fingerprint density at radius 2 is 1.95 bits per heavy atom. The third kappa shape index (κ3) is 5.11. The van der Waals surface area contributed by atoms with Gasteiger partial charge in [0.25, 0.3) is 0 Å². The van der Waals surface area contributed by atoms with E-state index in [9.17, 15) is 9.90 Å². The van der Waals surface area contributed by atoms with Crippen molar-refractivity contribution in [3.63, 3.8) is 0 Å². The van der Waals surface area contributed by atoms with E-state index in [1.165, 1.54) is 19.3 Å². The van der Waals surface area contributed by atoms with Crippen LogP contribution >= 0.6 is 0 Å². The molecule has 0 aromatic rings. The summed E-state index contributed by atoms with van der Waals surface area (Å²) in [5.74, 6) is 0.161. The smallest absolute Gasteiger partial charge is 0.234 e. The lowest BCUT2D eigenvalue weighted by Gasteiger charge is -2.25. The molecular weight excluding hydrogens is 240 g/mol. The van der Waals surface area contributed by atoms with Gasteiger partial charge in [-0.1, -0.05) is 19.3 Å². The molecule has 0 bridgehead atoms. The Kier molecular flexibility index (Phi) is 5.22. The van der Waals surface area contributed by atoms with Crippen molar-refractivity contribution in [2.75, 3.05) is 19.6 Å². The molecule has 2 rings (SSSR count). The Labute approximate surface area is 116 Å². The SMILES string of the molecule is CC1(O)CCCN(CC(=O)NC2CCCCC2)CC1. The number of rotatable bonds is 3. The van der Waals surface area contributed by atoms with Crippen molar-refractivity contribution in [2.24, 2.45) is 0 Å². The molecule has 0 radical (unpaired) electrons. The molecule has 1 aliphatic heterocycles. The number of amides is 1. The third-order valence-electron chi connectivity index (χ3n) is 4.49. The molecule has 19 heavy (non-hydrogen) atoms. The lowest BCUT2D eigenvalue weighted by Crippen LogP contribution is -2.43. The van der Waals surface area contributed by atoms with Gasteiger partial charge in [-0.3, -0.25) is 9.69 Å². The first-order valence-electron chi connectivity index (χ1n) is 7.79. The van der Waals surface area contributed by atoms with Crippen LogP contribution in [0.3, 0.4) is 0 Å². The molecule has 4 heteroatoms. The van der Waals surface area contributed by atoms with Crippen molar-refractivity contribution in [1.29, 1.82) is 0 Å². The molecule has 1 amide bonds. The van der Waals surface area contributed by atoms with Crippen molar-refractivity contribution in [3.8, 4) is 0 Å². The Hall–Kier alpha value is -0.610. The van der Waals surface area contributed by atoms with Gasteiger partial charge in [0, 0.05) is 12.6 Å². The first-order valence-corrected chi connectivity index (χ1v) is 7.79. The number of nitrogens with one attached hydrogen (secondary N) is 1. The Morgan fingerprint density at radius 1 is 1.21 bits per heavy atom. The van der Waals surface area contributed by atoms with Crippen molar-refractivity contribution in [2.45, 2.75) is 69.9 Å². The van der Waals surface area contributed by atoms with Gasteiger partial charge in [-0.2, -0.15) is 0 Å². The summed E-state index contributed by atoms with van der Waals surface area (Å²) < 4.78 is 0. The van der Waals surface area contributed by atoms with Crippen molar-refractivity contribution in [1.82, 2.24) is 10.2 Å². The summed E-state index contributed by atoms with van der Waals surface area (Å²) in [4.78, 5) is 14.2. The number of hydrogen-bond donors (Lipinski definition) is 2. The number of likely N-dealkylation sites (tertiary alicyclic amines) is 1. The van der Waals surface area contributed by atoms with Crippen LogP contribution in [0.4, 0.5) is 0 Å². The van der Waals surface area contributed by atoms with E-state index in [-0.39, 0.29) is 5.91 Å². The minimum Gasteiger partial charge on any atom is -0.390 e. The molecule has 1 heterocycles. The van der Waals surface area contributed by atoms with Crippen LogP contribution < -0.4 is 5.32 Å². The Bertz CT molecular complexity index is 299. The summed E-state index contributed by atoms with van der Waals surface area (Å²) >= 11 is 0. The zero-order valence-corrected chi connectivity index (χ0v) is 12.2. The van der Waals surface area contributed by atoms with Gasteiger partial charge in [0.05, 0.1) is 12.1 Å². The van der Waals surface area contributed by atoms with Crippen LogP contribution in [0.1, 0.15) is 58.3 Å². The summed E-state index contributed by atoms with van der Waals surface area (Å²) in [5.41, 5.74) is -0.547. The molecule has 0 aromatic carbocycles. The highest BCUT2D eigenvalue weighted by Crippen LogP contribution is 2.21. The summed E-state index contributed by atoms with van der Waals surface area (Å²) in [7, 11) is 0. The van der Waals surface area contributed by atoms with Crippen molar-refractivity contribution >= 4 is 5.91 Å². The highest BCUT2D eigenvalue weighted by atomic mass is 16.3. The number of aliphatic hydroxyl groups is 1. The molecule has 0 spiro atoms. The normalized spacial score (nSPS) is 30.8. The zero-order chi connectivity index (χ0) is 13.7. The van der Waals surface area contributed by atoms with Crippen LogP contribution in [0.15, 0.2) is 0 Å². The van der Waals surface area contributed by atoms with E-state index in [4.69, 9.17) is 0 Å². The van der Waals surface area contributed by atoms with Crippen LogP contribution in [0.2, 0.25) is 0 Å². The van der Waals surface area contributed by atoms with Gasteiger partial charge in [0.2, 0.25) is 5.91 Å². The lowest BCUT2D eigenvalue weighted by molar-refractivity contribution is -0.123. The lowest BCUT2D eigenvalue weighted by atomic mass is 9.95. The molecule has 4 nitrogen and oxygen atoms in total. The molecule has 110 valence electrons. The predicted molar refractivity (Wildman–Crippen MR) is 75.9 cm³/mol. The second kappa shape index (κ2) is 6.71. The standard InChI is InChI=1S/C15H28N2O2/c1-15(19)8-5-10-17(11-9-15)12-14(18)16-13-6-3-2-4-7-13/h13,19H,2-12H2,1H3,(H,16,18). The predicted octanol–water partition coefficient (Wildman–Crippen LogP) is 1.67. The first-order chi connectivity index (χ1) is 9.05. The Balaban J connectivity index is 1.72. The van der Waals surface area contributed by atoms with Gasteiger partial charge >= 0.3 is 0 Å². The molecule has 0 aromatic heterocycles. The van der Waals surface area contributed by atoms with Gasteiger partial charge < -0.3 is 10.4 Å². The minimum absolute atomic E-state index is 0.161. The quantitative estimate of drug-likeness (QED) is 0.818. The topological polar surface area (TPSA) is 52.6 Å². The first kappa shape index (κ1) is 14.8. The Morgan fingerprint density at radius 3 is 2.68 bits per heavy atom. The van der Waals surface area contributed by atoms with E-state index in [1.54, 1.807) is 0 Å². The highest BCUT2D eigenvalue weighted by Gasteiger charge is 2.26. The third-order valence-corrected chi connectivity index (χ3v) is 4.49. The molecule has 1 unspecified atom stereocenters. The fourth-order valence-electron chi connectivity index (χ4n) is 3.20. The molecule has 2 aliphatic rings. The second-order valence-corrected chi connectivity index (χ2v) is 6.53. The number of carbonyl (C=O) groups is 1. The average molecular weight is 268 g/mol. The number of nitrogens with zero attached hydrogens (tertiary/aromatic N) is 1. The fourth-order valence-corrected chi connectivity index (χ4v) is 3.20. The molecular formula is C15H28N2O2. The summed E-state index contributed by atoms with van der Waals surface area (Å²) in [6.07, 6.45) is 8.67. The maximum Gasteiger partial charge on any atom is 0.234 e. The maximum absolute atomic E-state index is 12.0. The van der Waals surface area contributed by atoms with Crippen LogP contribution in [-0.4, -0.2) is 47.2 Å². The van der Waals surface area contributed by atoms with Crippen molar-refractivity contribution < 1.29 is 9.90 Å². The molecule has 2 fully saturated rings. The summed E-state index contributed by atoms with van der Waals surface area (Å²) in [5, 5.41) is 13.2. The van der Waals surface area contributed by atoms with Crippen LogP contribution in [0.5, 0.6) is 0 Å². The van der Waals surface area contributed by atoms with Gasteiger partial charge in [0.15, 0.2) is 0 Å². The van der Waals surface area contributed by atoms with Crippen molar-refractivity contribution in [3.05, 3.63) is 0 Å². The van der Waals surface area contributed by atoms with E-state index in [2.05, 4.69) is 10.2 Å². The van der Waals surface area contributed by atoms with Gasteiger partial charge in [-0.25, -0.2) is 0 Å². The fraction of sp³-hybridized carbons (Fsp3) is 0.933. The zero-order valence-electron chi connectivity index (χ0n) is 12.2. The monoisotopic (exact) mass is 268 g/mol. The van der Waals surface area contributed by atoms with Crippen LogP contribution in [0, 0.1) is 0 Å². The molecule has 2 N–H and O–H groups in total. The summed E-state index contributed by atoms with van der Waals surface area (Å²) in [6.45, 7) is 4.14.